The summed E-state index contributed by atoms with van der Waals surface area (Å²) in [5.74, 6) is 0.808. The zero-order valence-electron chi connectivity index (χ0n) is 7.83. The molecule has 1 rings (SSSR count). The maximum absolute atomic E-state index is 10.9. The molecule has 0 aliphatic rings. The average molecular weight is 182 g/mol. The van der Waals surface area contributed by atoms with Crippen molar-refractivity contribution in [1.29, 1.82) is 0 Å². The molecule has 0 aliphatic carbocycles. The van der Waals surface area contributed by atoms with Crippen molar-refractivity contribution >= 4 is 5.91 Å². The van der Waals surface area contributed by atoms with Gasteiger partial charge in [0, 0.05) is 7.05 Å². The molecule has 72 valence electrons. The molecule has 0 radical (unpaired) electrons. The molecule has 1 heterocycles. The van der Waals surface area contributed by atoms with E-state index >= 15 is 0 Å². The fourth-order valence-corrected chi connectivity index (χ4v) is 0.972. The molecule has 1 atom stereocenters. The molecule has 0 saturated carbocycles. The summed E-state index contributed by atoms with van der Waals surface area (Å²) in [6.45, 7) is 2.25. The molecule has 0 aliphatic heterocycles. The van der Waals surface area contributed by atoms with Crippen molar-refractivity contribution in [3.05, 3.63) is 24.2 Å². The first-order valence-electron chi connectivity index (χ1n) is 4.21. The summed E-state index contributed by atoms with van der Waals surface area (Å²) >= 11 is 0. The average Bonchev–Trinajstić information content (AvgIpc) is 2.66. The van der Waals surface area contributed by atoms with E-state index in [-0.39, 0.29) is 11.9 Å². The first-order valence-corrected chi connectivity index (χ1v) is 4.21. The summed E-state index contributed by atoms with van der Waals surface area (Å²) in [4.78, 5) is 10.9. The van der Waals surface area contributed by atoms with E-state index in [0.717, 1.165) is 5.76 Å². The second-order valence-electron chi connectivity index (χ2n) is 2.79. The zero-order valence-corrected chi connectivity index (χ0v) is 7.83. The third-order valence-electron chi connectivity index (χ3n) is 1.82. The standard InChI is InChI=1S/C9H14N2O2/c1-7(8-4-3-5-13-8)11-6-9(12)10-2/h3-5,7,11H,6H2,1-2H3,(H,10,12). The van der Waals surface area contributed by atoms with Gasteiger partial charge in [0.1, 0.15) is 5.76 Å². The zero-order chi connectivity index (χ0) is 9.68. The van der Waals surface area contributed by atoms with Gasteiger partial charge in [-0.2, -0.15) is 0 Å². The van der Waals surface area contributed by atoms with Gasteiger partial charge >= 0.3 is 0 Å². The lowest BCUT2D eigenvalue weighted by Gasteiger charge is -2.09. The van der Waals surface area contributed by atoms with Gasteiger partial charge in [-0.05, 0) is 19.1 Å². The fourth-order valence-electron chi connectivity index (χ4n) is 0.972. The van der Waals surface area contributed by atoms with Gasteiger partial charge in [-0.25, -0.2) is 0 Å². The minimum Gasteiger partial charge on any atom is -0.468 e. The molecule has 0 spiro atoms. The van der Waals surface area contributed by atoms with E-state index in [9.17, 15) is 4.79 Å². The summed E-state index contributed by atoms with van der Waals surface area (Å²) < 4.78 is 5.17. The number of furan rings is 1. The third-order valence-corrected chi connectivity index (χ3v) is 1.82. The Labute approximate surface area is 77.3 Å². The predicted octanol–water partition coefficient (Wildman–Crippen LogP) is 0.676. The molecular formula is C9H14N2O2. The molecule has 2 N–H and O–H groups in total. The number of likely N-dealkylation sites (N-methyl/N-ethyl adjacent to an activating group) is 1. The molecule has 13 heavy (non-hydrogen) atoms. The van der Waals surface area contributed by atoms with Gasteiger partial charge in [0.25, 0.3) is 0 Å². The highest BCUT2D eigenvalue weighted by Gasteiger charge is 2.08. The van der Waals surface area contributed by atoms with Crippen molar-refractivity contribution in [3.8, 4) is 0 Å². The SMILES string of the molecule is CNC(=O)CNC(C)c1ccco1. The van der Waals surface area contributed by atoms with E-state index in [2.05, 4.69) is 10.6 Å². The van der Waals surface area contributed by atoms with Crippen molar-refractivity contribution < 1.29 is 9.21 Å². The molecule has 0 bridgehead atoms. The Morgan fingerprint density at radius 2 is 2.46 bits per heavy atom. The van der Waals surface area contributed by atoms with E-state index in [1.807, 2.05) is 19.1 Å². The highest BCUT2D eigenvalue weighted by molar-refractivity contribution is 5.77. The number of nitrogens with one attached hydrogen (secondary N) is 2. The van der Waals surface area contributed by atoms with Crippen LogP contribution < -0.4 is 10.6 Å². The van der Waals surface area contributed by atoms with Gasteiger partial charge in [0.15, 0.2) is 0 Å². The minimum absolute atomic E-state index is 0.0293. The maximum Gasteiger partial charge on any atom is 0.233 e. The van der Waals surface area contributed by atoms with Crippen LogP contribution in [-0.2, 0) is 4.79 Å². The van der Waals surface area contributed by atoms with Crippen molar-refractivity contribution in [1.82, 2.24) is 10.6 Å². The predicted molar refractivity (Wildman–Crippen MR) is 49.2 cm³/mol. The Morgan fingerprint density at radius 3 is 3.00 bits per heavy atom. The van der Waals surface area contributed by atoms with E-state index in [1.165, 1.54) is 0 Å². The first-order chi connectivity index (χ1) is 6.24. The monoisotopic (exact) mass is 182 g/mol. The Bertz CT molecular complexity index is 257. The summed E-state index contributed by atoms with van der Waals surface area (Å²) in [5.41, 5.74) is 0. The quantitative estimate of drug-likeness (QED) is 0.719. The van der Waals surface area contributed by atoms with Crippen molar-refractivity contribution in [2.45, 2.75) is 13.0 Å². The maximum atomic E-state index is 10.9. The van der Waals surface area contributed by atoms with Gasteiger partial charge in [0.2, 0.25) is 5.91 Å². The molecular weight excluding hydrogens is 168 g/mol. The van der Waals surface area contributed by atoms with E-state index < -0.39 is 0 Å². The second kappa shape index (κ2) is 4.67. The van der Waals surface area contributed by atoms with Gasteiger partial charge in [-0.1, -0.05) is 0 Å². The number of amides is 1. The van der Waals surface area contributed by atoms with E-state index in [0.29, 0.717) is 6.54 Å². The molecule has 0 aromatic carbocycles. The number of carbonyl (C=O) groups excluding carboxylic acids is 1. The molecule has 1 unspecified atom stereocenters. The lowest BCUT2D eigenvalue weighted by Crippen LogP contribution is -2.32. The fraction of sp³-hybridized carbons (Fsp3) is 0.444. The van der Waals surface area contributed by atoms with Crippen LogP contribution in [0, 0.1) is 0 Å². The van der Waals surface area contributed by atoms with Crippen LogP contribution in [0.3, 0.4) is 0 Å². The summed E-state index contributed by atoms with van der Waals surface area (Å²) in [5, 5.41) is 5.56. The summed E-state index contributed by atoms with van der Waals surface area (Å²) in [7, 11) is 1.61. The van der Waals surface area contributed by atoms with Crippen molar-refractivity contribution in [2.75, 3.05) is 13.6 Å². The molecule has 1 amide bonds. The van der Waals surface area contributed by atoms with Crippen molar-refractivity contribution in [3.63, 3.8) is 0 Å². The van der Waals surface area contributed by atoms with Gasteiger partial charge < -0.3 is 9.73 Å². The van der Waals surface area contributed by atoms with Crippen LogP contribution in [0.2, 0.25) is 0 Å². The lowest BCUT2D eigenvalue weighted by atomic mass is 10.2. The first kappa shape index (κ1) is 9.80. The Morgan fingerprint density at radius 1 is 1.69 bits per heavy atom. The van der Waals surface area contributed by atoms with Gasteiger partial charge in [-0.15, -0.1) is 0 Å². The summed E-state index contributed by atoms with van der Waals surface area (Å²) in [6, 6.07) is 3.77. The largest absolute Gasteiger partial charge is 0.468 e. The number of hydrogen-bond acceptors (Lipinski definition) is 3. The second-order valence-corrected chi connectivity index (χ2v) is 2.79. The van der Waals surface area contributed by atoms with Crippen LogP contribution in [-0.4, -0.2) is 19.5 Å². The normalized spacial score (nSPS) is 12.5. The molecule has 0 saturated heterocycles. The highest BCUT2D eigenvalue weighted by Crippen LogP contribution is 2.11. The van der Waals surface area contributed by atoms with E-state index in [1.54, 1.807) is 13.3 Å². The van der Waals surface area contributed by atoms with Gasteiger partial charge in [0.05, 0.1) is 18.8 Å². The molecule has 1 aromatic heterocycles. The Balaban J connectivity index is 2.34. The Hall–Kier alpha value is -1.29. The van der Waals surface area contributed by atoms with Crippen LogP contribution in [0.4, 0.5) is 0 Å². The third kappa shape index (κ3) is 2.91. The molecule has 4 nitrogen and oxygen atoms in total. The van der Waals surface area contributed by atoms with Crippen LogP contribution in [0.15, 0.2) is 22.8 Å². The molecule has 4 heteroatoms. The van der Waals surface area contributed by atoms with Crippen LogP contribution in [0.1, 0.15) is 18.7 Å². The van der Waals surface area contributed by atoms with Gasteiger partial charge in [-0.3, -0.25) is 10.1 Å². The number of hydrogen-bond donors (Lipinski definition) is 2. The molecule has 1 aromatic rings. The minimum atomic E-state index is -0.0293. The van der Waals surface area contributed by atoms with Crippen LogP contribution in [0.5, 0.6) is 0 Å². The van der Waals surface area contributed by atoms with E-state index in [4.69, 9.17) is 4.42 Å². The number of rotatable bonds is 4. The smallest absolute Gasteiger partial charge is 0.233 e. The van der Waals surface area contributed by atoms with Crippen LogP contribution >= 0.6 is 0 Å². The number of carbonyl (C=O) groups is 1. The molecule has 0 fully saturated rings. The topological polar surface area (TPSA) is 54.3 Å². The van der Waals surface area contributed by atoms with Crippen LogP contribution in [0.25, 0.3) is 0 Å². The summed E-state index contributed by atoms with van der Waals surface area (Å²) in [6.07, 6.45) is 1.62. The lowest BCUT2D eigenvalue weighted by molar-refractivity contribution is -0.119. The Kier molecular flexibility index (Phi) is 3.52. The highest BCUT2D eigenvalue weighted by atomic mass is 16.3. The van der Waals surface area contributed by atoms with Crippen molar-refractivity contribution in [2.24, 2.45) is 0 Å².